The molecule has 1 unspecified atom stereocenters. The Morgan fingerprint density at radius 1 is 0.947 bits per heavy atom. The second kappa shape index (κ2) is 5.73. The van der Waals surface area contributed by atoms with Gasteiger partial charge in [-0.3, -0.25) is 0 Å². The van der Waals surface area contributed by atoms with Crippen molar-refractivity contribution in [2.75, 3.05) is 7.11 Å². The van der Waals surface area contributed by atoms with Crippen LogP contribution in [0.4, 0.5) is 0 Å². The Morgan fingerprint density at radius 2 is 1.58 bits per heavy atom. The van der Waals surface area contributed by atoms with Crippen LogP contribution in [0.15, 0.2) is 48.5 Å². The smallest absolute Gasteiger partial charge is 0.0873 e. The van der Waals surface area contributed by atoms with Gasteiger partial charge >= 0.3 is 0 Å². The standard InChI is InChI=1S/C17H14O.CH4/c1-18-17-12-15-8-3-2-6-13(15)10-11-14-7-4-5-9-16(14)17;/h2-9,17H,12H2,1H3;1H4. The maximum atomic E-state index is 5.64. The summed E-state index contributed by atoms with van der Waals surface area (Å²) < 4.78 is 5.64. The third kappa shape index (κ3) is 2.54. The quantitative estimate of drug-likeness (QED) is 0.696. The monoisotopic (exact) mass is 250 g/mol. The lowest BCUT2D eigenvalue weighted by molar-refractivity contribution is 0.103. The van der Waals surface area contributed by atoms with Crippen LogP contribution in [0.5, 0.6) is 0 Å². The molecule has 2 aromatic rings. The molecule has 1 aliphatic rings. The first-order valence-corrected chi connectivity index (χ1v) is 6.10. The number of hydrogen-bond acceptors (Lipinski definition) is 1. The highest BCUT2D eigenvalue weighted by molar-refractivity contribution is 5.52. The van der Waals surface area contributed by atoms with Gasteiger partial charge in [-0.05, 0) is 23.3 Å². The molecule has 1 heteroatoms. The first-order valence-electron chi connectivity index (χ1n) is 6.10. The predicted octanol–water partition coefficient (Wildman–Crippen LogP) is 3.97. The van der Waals surface area contributed by atoms with Gasteiger partial charge in [-0.15, -0.1) is 0 Å². The number of fused-ring (bicyclic) bond motifs is 2. The maximum absolute atomic E-state index is 5.64. The highest BCUT2D eigenvalue weighted by atomic mass is 16.5. The van der Waals surface area contributed by atoms with Crippen molar-refractivity contribution in [2.45, 2.75) is 20.0 Å². The zero-order valence-corrected chi connectivity index (χ0v) is 10.3. The van der Waals surface area contributed by atoms with Crippen LogP contribution in [-0.2, 0) is 11.2 Å². The normalized spacial score (nSPS) is 15.7. The fourth-order valence-corrected chi connectivity index (χ4v) is 2.37. The largest absolute Gasteiger partial charge is 0.376 e. The Labute approximate surface area is 115 Å². The summed E-state index contributed by atoms with van der Waals surface area (Å²) in [5.41, 5.74) is 4.61. The van der Waals surface area contributed by atoms with E-state index >= 15 is 0 Å². The van der Waals surface area contributed by atoms with E-state index in [4.69, 9.17) is 4.74 Å². The minimum absolute atomic E-state index is 0. The summed E-state index contributed by atoms with van der Waals surface area (Å²) in [5.74, 6) is 6.52. The van der Waals surface area contributed by atoms with Crippen molar-refractivity contribution < 1.29 is 4.74 Å². The van der Waals surface area contributed by atoms with Gasteiger partial charge in [-0.1, -0.05) is 55.7 Å². The first kappa shape index (κ1) is 13.4. The van der Waals surface area contributed by atoms with Crippen molar-refractivity contribution >= 4 is 0 Å². The first-order chi connectivity index (χ1) is 8.88. The second-order valence-electron chi connectivity index (χ2n) is 4.42. The molecule has 0 radical (unpaired) electrons. The van der Waals surface area contributed by atoms with E-state index in [1.807, 2.05) is 18.2 Å². The Bertz CT molecular complexity index is 631. The molecule has 0 fully saturated rings. The van der Waals surface area contributed by atoms with E-state index in [9.17, 15) is 0 Å². The van der Waals surface area contributed by atoms with Crippen LogP contribution in [0.1, 0.15) is 35.8 Å². The number of benzene rings is 2. The molecule has 0 spiro atoms. The second-order valence-corrected chi connectivity index (χ2v) is 4.42. The van der Waals surface area contributed by atoms with Crippen LogP contribution in [0.2, 0.25) is 0 Å². The molecule has 1 aliphatic carbocycles. The highest BCUT2D eigenvalue weighted by Gasteiger charge is 2.17. The van der Waals surface area contributed by atoms with Gasteiger partial charge in [0.1, 0.15) is 0 Å². The van der Waals surface area contributed by atoms with Gasteiger partial charge in [0.15, 0.2) is 0 Å². The van der Waals surface area contributed by atoms with Crippen molar-refractivity contribution in [3.63, 3.8) is 0 Å². The third-order valence-electron chi connectivity index (χ3n) is 3.35. The average molecular weight is 250 g/mol. The lowest BCUT2D eigenvalue weighted by Crippen LogP contribution is -2.09. The summed E-state index contributed by atoms with van der Waals surface area (Å²) in [7, 11) is 1.76. The molecular weight excluding hydrogens is 232 g/mol. The third-order valence-corrected chi connectivity index (χ3v) is 3.35. The minimum atomic E-state index is 0. The van der Waals surface area contributed by atoms with E-state index in [0.29, 0.717) is 0 Å². The molecule has 0 bridgehead atoms. The van der Waals surface area contributed by atoms with Gasteiger partial charge in [0, 0.05) is 24.7 Å². The number of methoxy groups -OCH3 is 1. The van der Waals surface area contributed by atoms with Gasteiger partial charge in [0.05, 0.1) is 6.10 Å². The van der Waals surface area contributed by atoms with E-state index in [-0.39, 0.29) is 13.5 Å². The maximum Gasteiger partial charge on any atom is 0.0873 e. The molecule has 1 nitrogen and oxygen atoms in total. The summed E-state index contributed by atoms with van der Waals surface area (Å²) >= 11 is 0. The summed E-state index contributed by atoms with van der Waals surface area (Å²) in [6, 6.07) is 16.5. The molecule has 96 valence electrons. The van der Waals surface area contributed by atoms with Crippen LogP contribution in [0, 0.1) is 11.8 Å². The SMILES string of the molecule is C.COC1Cc2ccccc2C#Cc2ccccc21. The molecule has 0 aliphatic heterocycles. The molecule has 0 heterocycles. The molecule has 3 rings (SSSR count). The summed E-state index contributed by atoms with van der Waals surface area (Å²) in [6.45, 7) is 0. The number of rotatable bonds is 1. The zero-order valence-electron chi connectivity index (χ0n) is 10.3. The molecule has 0 saturated carbocycles. The van der Waals surface area contributed by atoms with E-state index in [1.54, 1.807) is 7.11 Å². The minimum Gasteiger partial charge on any atom is -0.376 e. The van der Waals surface area contributed by atoms with E-state index in [2.05, 4.69) is 42.2 Å². The van der Waals surface area contributed by atoms with Gasteiger partial charge in [-0.25, -0.2) is 0 Å². The summed E-state index contributed by atoms with van der Waals surface area (Å²) in [4.78, 5) is 0. The molecule has 1 atom stereocenters. The van der Waals surface area contributed by atoms with Gasteiger partial charge < -0.3 is 4.74 Å². The average Bonchev–Trinajstić information content (AvgIpc) is 2.41. The Kier molecular flexibility index (Phi) is 4.04. The number of hydrogen-bond donors (Lipinski definition) is 0. The van der Waals surface area contributed by atoms with Crippen LogP contribution in [-0.4, -0.2) is 7.11 Å². The van der Waals surface area contributed by atoms with Crippen molar-refractivity contribution in [2.24, 2.45) is 0 Å². The fourth-order valence-electron chi connectivity index (χ4n) is 2.37. The van der Waals surface area contributed by atoms with Crippen LogP contribution in [0.25, 0.3) is 0 Å². The topological polar surface area (TPSA) is 9.23 Å². The summed E-state index contributed by atoms with van der Waals surface area (Å²) in [5, 5.41) is 0. The Balaban J connectivity index is 0.00000133. The van der Waals surface area contributed by atoms with Crippen molar-refractivity contribution in [1.82, 2.24) is 0 Å². The van der Waals surface area contributed by atoms with Gasteiger partial charge in [0.25, 0.3) is 0 Å². The van der Waals surface area contributed by atoms with Gasteiger partial charge in [0.2, 0.25) is 0 Å². The molecule has 0 aromatic heterocycles. The molecule has 0 amide bonds. The molecule has 19 heavy (non-hydrogen) atoms. The van der Waals surface area contributed by atoms with E-state index < -0.39 is 0 Å². The Morgan fingerprint density at radius 3 is 2.37 bits per heavy atom. The van der Waals surface area contributed by atoms with E-state index in [1.165, 1.54) is 11.1 Å². The molecule has 0 N–H and O–H groups in total. The molecule has 2 aromatic carbocycles. The fraction of sp³-hybridized carbons (Fsp3) is 0.222. The highest BCUT2D eigenvalue weighted by Crippen LogP contribution is 2.27. The predicted molar refractivity (Wildman–Crippen MR) is 79.0 cm³/mol. The lowest BCUT2D eigenvalue weighted by Gasteiger charge is -2.19. The number of ether oxygens (including phenoxy) is 1. The zero-order chi connectivity index (χ0) is 12.4. The van der Waals surface area contributed by atoms with Gasteiger partial charge in [-0.2, -0.15) is 0 Å². The summed E-state index contributed by atoms with van der Waals surface area (Å²) in [6.07, 6.45) is 0.954. The molecule has 0 saturated heterocycles. The molecular formula is C18H18O. The lowest BCUT2D eigenvalue weighted by atomic mass is 9.92. The van der Waals surface area contributed by atoms with Crippen molar-refractivity contribution in [3.05, 3.63) is 70.8 Å². The van der Waals surface area contributed by atoms with Crippen molar-refractivity contribution in [3.8, 4) is 11.8 Å². The van der Waals surface area contributed by atoms with Crippen LogP contribution in [0.3, 0.4) is 0 Å². The van der Waals surface area contributed by atoms with Crippen LogP contribution < -0.4 is 0 Å². The Hall–Kier alpha value is -2.04. The van der Waals surface area contributed by atoms with E-state index in [0.717, 1.165) is 17.5 Å². The van der Waals surface area contributed by atoms with Crippen molar-refractivity contribution in [1.29, 1.82) is 0 Å². The van der Waals surface area contributed by atoms with Crippen LogP contribution >= 0.6 is 0 Å².